The Morgan fingerprint density at radius 1 is 1.35 bits per heavy atom. The van der Waals surface area contributed by atoms with Gasteiger partial charge in [-0.25, -0.2) is 13.8 Å². The summed E-state index contributed by atoms with van der Waals surface area (Å²) in [6.45, 7) is 0. The third-order valence-electron chi connectivity index (χ3n) is 2.54. The van der Waals surface area contributed by atoms with Gasteiger partial charge in [0.2, 0.25) is 0 Å². The zero-order valence-corrected chi connectivity index (χ0v) is 10.5. The van der Waals surface area contributed by atoms with Crippen molar-refractivity contribution in [3.8, 4) is 5.75 Å². The van der Waals surface area contributed by atoms with Crippen molar-refractivity contribution in [2.75, 3.05) is 18.2 Å². The molecule has 0 atom stereocenters. The number of carbonyl (C=O) groups excluding carboxylic acids is 1. The number of anilines is 2. The third kappa shape index (κ3) is 2.82. The maximum atomic E-state index is 13.5. The molecule has 0 saturated heterocycles. The maximum absolute atomic E-state index is 13.5. The monoisotopic (exact) mass is 279 g/mol. The molecule has 0 saturated carbocycles. The number of ether oxygens (including phenoxy) is 1. The van der Waals surface area contributed by atoms with E-state index in [1.165, 1.54) is 19.2 Å². The number of pyridine rings is 1. The van der Waals surface area contributed by atoms with Crippen LogP contribution in [-0.4, -0.2) is 18.0 Å². The molecule has 0 radical (unpaired) electrons. The van der Waals surface area contributed by atoms with Crippen LogP contribution in [0.3, 0.4) is 0 Å². The number of amides is 1. The Bertz CT molecular complexity index is 662. The third-order valence-corrected chi connectivity index (χ3v) is 2.54. The Kier molecular flexibility index (Phi) is 3.79. The van der Waals surface area contributed by atoms with Crippen LogP contribution in [0, 0.1) is 11.6 Å². The van der Waals surface area contributed by atoms with E-state index >= 15 is 0 Å². The Hall–Kier alpha value is -2.70. The van der Waals surface area contributed by atoms with Crippen LogP contribution in [0.2, 0.25) is 0 Å². The van der Waals surface area contributed by atoms with Gasteiger partial charge in [-0.2, -0.15) is 0 Å². The first kappa shape index (κ1) is 13.7. The van der Waals surface area contributed by atoms with Crippen molar-refractivity contribution in [2.45, 2.75) is 0 Å². The molecule has 2 aromatic rings. The number of rotatable bonds is 3. The van der Waals surface area contributed by atoms with E-state index in [2.05, 4.69) is 10.3 Å². The number of halogens is 2. The van der Waals surface area contributed by atoms with Crippen molar-refractivity contribution >= 4 is 17.4 Å². The predicted molar refractivity (Wildman–Crippen MR) is 69.5 cm³/mol. The number of nitrogens with zero attached hydrogens (tertiary/aromatic N) is 1. The van der Waals surface area contributed by atoms with E-state index in [-0.39, 0.29) is 22.8 Å². The maximum Gasteiger partial charge on any atom is 0.259 e. The zero-order valence-electron chi connectivity index (χ0n) is 10.5. The van der Waals surface area contributed by atoms with Gasteiger partial charge in [-0.05, 0) is 18.2 Å². The number of nitrogen functional groups attached to an aromatic ring is 1. The van der Waals surface area contributed by atoms with Gasteiger partial charge in [0, 0.05) is 11.8 Å². The second-order valence-electron chi connectivity index (χ2n) is 3.89. The Morgan fingerprint density at radius 2 is 2.10 bits per heavy atom. The second kappa shape index (κ2) is 5.52. The summed E-state index contributed by atoms with van der Waals surface area (Å²) in [7, 11) is 1.33. The summed E-state index contributed by atoms with van der Waals surface area (Å²) >= 11 is 0. The number of hydrogen-bond donors (Lipinski definition) is 2. The van der Waals surface area contributed by atoms with Gasteiger partial charge in [0.05, 0.1) is 18.9 Å². The molecule has 20 heavy (non-hydrogen) atoms. The number of benzene rings is 1. The number of hydrogen-bond acceptors (Lipinski definition) is 4. The largest absolute Gasteiger partial charge is 0.494 e. The predicted octanol–water partition coefficient (Wildman–Crippen LogP) is 2.20. The van der Waals surface area contributed by atoms with Crippen LogP contribution in [0.25, 0.3) is 0 Å². The summed E-state index contributed by atoms with van der Waals surface area (Å²) in [6, 6.07) is 4.85. The molecule has 0 aliphatic rings. The minimum absolute atomic E-state index is 0.0509. The molecule has 1 heterocycles. The fourth-order valence-electron chi connectivity index (χ4n) is 1.57. The van der Waals surface area contributed by atoms with Gasteiger partial charge in [0.25, 0.3) is 5.91 Å². The lowest BCUT2D eigenvalue weighted by atomic mass is 10.2. The Labute approximate surface area is 113 Å². The minimum atomic E-state index is -0.690. The standard InChI is InChI=1S/C13H11F2N3O2/c1-20-11-3-2-8(5-10(11)15)18-13(19)9-4-7(14)6-17-12(9)16/h2-6H,1H3,(H2,16,17)(H,18,19). The molecular formula is C13H11F2N3O2. The molecule has 7 heteroatoms. The molecule has 0 aliphatic carbocycles. The Morgan fingerprint density at radius 3 is 2.75 bits per heavy atom. The van der Waals surface area contributed by atoms with Crippen molar-refractivity contribution in [3.05, 3.63) is 47.7 Å². The quantitative estimate of drug-likeness (QED) is 0.903. The van der Waals surface area contributed by atoms with Gasteiger partial charge in [0.15, 0.2) is 11.6 Å². The van der Waals surface area contributed by atoms with E-state index in [0.29, 0.717) is 0 Å². The normalized spacial score (nSPS) is 10.2. The van der Waals surface area contributed by atoms with Crippen LogP contribution in [0.1, 0.15) is 10.4 Å². The van der Waals surface area contributed by atoms with E-state index < -0.39 is 17.5 Å². The van der Waals surface area contributed by atoms with E-state index in [1.54, 1.807) is 0 Å². The van der Waals surface area contributed by atoms with Crippen molar-refractivity contribution < 1.29 is 18.3 Å². The summed E-state index contributed by atoms with van der Waals surface area (Å²) in [5, 5.41) is 2.40. The molecule has 5 nitrogen and oxygen atoms in total. The molecule has 1 aromatic carbocycles. The highest BCUT2D eigenvalue weighted by Crippen LogP contribution is 2.21. The molecule has 0 bridgehead atoms. The average molecular weight is 279 g/mol. The summed E-state index contributed by atoms with van der Waals surface area (Å²) in [5.74, 6) is -2.06. The molecule has 0 aliphatic heterocycles. The lowest BCUT2D eigenvalue weighted by Gasteiger charge is -2.08. The average Bonchev–Trinajstić information content (AvgIpc) is 2.41. The highest BCUT2D eigenvalue weighted by molar-refractivity contribution is 6.07. The van der Waals surface area contributed by atoms with Crippen LogP contribution in [0.15, 0.2) is 30.5 Å². The molecule has 1 amide bonds. The smallest absolute Gasteiger partial charge is 0.259 e. The topological polar surface area (TPSA) is 77.2 Å². The number of nitrogens with one attached hydrogen (secondary N) is 1. The molecule has 0 unspecified atom stereocenters. The van der Waals surface area contributed by atoms with Crippen LogP contribution >= 0.6 is 0 Å². The van der Waals surface area contributed by atoms with Gasteiger partial charge < -0.3 is 15.8 Å². The summed E-state index contributed by atoms with van der Waals surface area (Å²) in [4.78, 5) is 15.4. The van der Waals surface area contributed by atoms with Crippen LogP contribution in [0.5, 0.6) is 5.75 Å². The second-order valence-corrected chi connectivity index (χ2v) is 3.89. The van der Waals surface area contributed by atoms with Gasteiger partial charge in [-0.1, -0.05) is 0 Å². The van der Waals surface area contributed by atoms with Crippen molar-refractivity contribution in [1.29, 1.82) is 0 Å². The molecular weight excluding hydrogens is 268 g/mol. The highest BCUT2D eigenvalue weighted by Gasteiger charge is 2.13. The van der Waals surface area contributed by atoms with Crippen molar-refractivity contribution in [2.24, 2.45) is 0 Å². The molecule has 2 rings (SSSR count). The first-order valence-corrected chi connectivity index (χ1v) is 5.57. The SMILES string of the molecule is COc1ccc(NC(=O)c2cc(F)cnc2N)cc1F. The lowest BCUT2D eigenvalue weighted by Crippen LogP contribution is -2.15. The van der Waals surface area contributed by atoms with Crippen LogP contribution < -0.4 is 15.8 Å². The molecule has 0 spiro atoms. The first-order chi connectivity index (χ1) is 9.51. The lowest BCUT2D eigenvalue weighted by molar-refractivity contribution is 0.102. The fraction of sp³-hybridized carbons (Fsp3) is 0.0769. The van der Waals surface area contributed by atoms with E-state index in [9.17, 15) is 13.6 Å². The van der Waals surface area contributed by atoms with Crippen LogP contribution in [-0.2, 0) is 0 Å². The molecule has 3 N–H and O–H groups in total. The fourth-order valence-corrected chi connectivity index (χ4v) is 1.57. The van der Waals surface area contributed by atoms with Crippen LogP contribution in [0.4, 0.5) is 20.3 Å². The van der Waals surface area contributed by atoms with Crippen molar-refractivity contribution in [1.82, 2.24) is 4.98 Å². The van der Waals surface area contributed by atoms with Gasteiger partial charge >= 0.3 is 0 Å². The van der Waals surface area contributed by atoms with E-state index in [4.69, 9.17) is 10.5 Å². The number of aromatic nitrogens is 1. The first-order valence-electron chi connectivity index (χ1n) is 5.57. The number of carbonyl (C=O) groups is 1. The number of nitrogens with two attached hydrogens (primary N) is 1. The number of methoxy groups -OCH3 is 1. The van der Waals surface area contributed by atoms with Gasteiger partial charge in [0.1, 0.15) is 11.6 Å². The summed E-state index contributed by atoms with van der Waals surface area (Å²) < 4.78 is 31.3. The van der Waals surface area contributed by atoms with Gasteiger partial charge in [-0.15, -0.1) is 0 Å². The molecule has 0 fully saturated rings. The minimum Gasteiger partial charge on any atom is -0.494 e. The highest BCUT2D eigenvalue weighted by atomic mass is 19.1. The molecule has 104 valence electrons. The van der Waals surface area contributed by atoms with E-state index in [0.717, 1.165) is 18.3 Å². The Balaban J connectivity index is 2.23. The van der Waals surface area contributed by atoms with Gasteiger partial charge in [-0.3, -0.25) is 4.79 Å². The summed E-state index contributed by atoms with van der Waals surface area (Å²) in [5.41, 5.74) is 5.55. The molecule has 1 aromatic heterocycles. The van der Waals surface area contributed by atoms with Crippen molar-refractivity contribution in [3.63, 3.8) is 0 Å². The zero-order chi connectivity index (χ0) is 14.7. The van der Waals surface area contributed by atoms with E-state index in [1.807, 2.05) is 0 Å². The summed E-state index contributed by atoms with van der Waals surface area (Å²) in [6.07, 6.45) is 0.902.